The van der Waals surface area contributed by atoms with Crippen LogP contribution in [0.1, 0.15) is 35.4 Å². The van der Waals surface area contributed by atoms with Crippen LogP contribution in [0.5, 0.6) is 5.75 Å². The molecule has 0 bridgehead atoms. The number of amides is 1. The van der Waals surface area contributed by atoms with E-state index >= 15 is 0 Å². The third kappa shape index (κ3) is 3.46. The average Bonchev–Trinajstić information content (AvgIpc) is 3.47. The van der Waals surface area contributed by atoms with Crippen LogP contribution in [0.15, 0.2) is 70.9 Å². The van der Waals surface area contributed by atoms with Crippen molar-refractivity contribution in [1.29, 1.82) is 0 Å². The Bertz CT molecular complexity index is 1250. The van der Waals surface area contributed by atoms with Crippen molar-refractivity contribution >= 4 is 29.1 Å². The van der Waals surface area contributed by atoms with Crippen LogP contribution >= 0.6 is 11.6 Å². The molecule has 3 heterocycles. The van der Waals surface area contributed by atoms with Crippen molar-refractivity contribution in [2.75, 3.05) is 0 Å². The lowest BCUT2D eigenvalue weighted by molar-refractivity contribution is -0.140. The molecule has 162 valence electrons. The molecule has 1 saturated heterocycles. The van der Waals surface area contributed by atoms with Crippen LogP contribution in [-0.2, 0) is 22.6 Å². The summed E-state index contributed by atoms with van der Waals surface area (Å²) < 4.78 is 11.1. The predicted molar refractivity (Wildman–Crippen MR) is 118 cm³/mol. The number of carbonyl (C=O) groups is 2. The summed E-state index contributed by atoms with van der Waals surface area (Å²) in [5.74, 6) is -0.380. The van der Waals surface area contributed by atoms with E-state index in [1.54, 1.807) is 48.5 Å². The van der Waals surface area contributed by atoms with Gasteiger partial charge in [0.15, 0.2) is 0 Å². The Labute approximate surface area is 189 Å². The average molecular weight is 450 g/mol. The highest BCUT2D eigenvalue weighted by atomic mass is 35.5. The zero-order chi connectivity index (χ0) is 22.4. The second-order valence-electron chi connectivity index (χ2n) is 8.02. The monoisotopic (exact) mass is 449 g/mol. The fourth-order valence-electron chi connectivity index (χ4n) is 4.36. The molecule has 1 N–H and O–H groups in total. The molecule has 5 rings (SSSR count). The zero-order valence-electron chi connectivity index (χ0n) is 17.2. The summed E-state index contributed by atoms with van der Waals surface area (Å²) in [4.78, 5) is 27.5. The number of hydrogen-bond donors (Lipinski definition) is 1. The van der Waals surface area contributed by atoms with Gasteiger partial charge in [-0.05, 0) is 60.5 Å². The first kappa shape index (κ1) is 20.4. The van der Waals surface area contributed by atoms with E-state index < -0.39 is 17.7 Å². The Morgan fingerprint density at radius 1 is 1.16 bits per heavy atom. The first-order valence-electron chi connectivity index (χ1n) is 10.3. The number of fused-ring (bicyclic) bond motifs is 1. The van der Waals surface area contributed by atoms with Gasteiger partial charge in [0.1, 0.15) is 23.4 Å². The summed E-state index contributed by atoms with van der Waals surface area (Å²) in [5.41, 5.74) is 2.06. The summed E-state index contributed by atoms with van der Waals surface area (Å²) in [7, 11) is 0. The van der Waals surface area contributed by atoms with Crippen LogP contribution < -0.4 is 4.74 Å². The number of rotatable bonds is 4. The highest BCUT2D eigenvalue weighted by Crippen LogP contribution is 2.41. The number of aliphatic hydroxyl groups is 1. The van der Waals surface area contributed by atoms with Gasteiger partial charge in [-0.25, -0.2) is 0 Å². The summed E-state index contributed by atoms with van der Waals surface area (Å²) in [6, 6.07) is 14.9. The second-order valence-corrected chi connectivity index (χ2v) is 8.45. The summed E-state index contributed by atoms with van der Waals surface area (Å²) >= 11 is 6.21. The molecule has 32 heavy (non-hydrogen) atoms. The number of likely N-dealkylation sites (tertiary alicyclic amines) is 1. The minimum atomic E-state index is -0.803. The molecule has 0 saturated carbocycles. The van der Waals surface area contributed by atoms with Crippen LogP contribution in [0, 0.1) is 0 Å². The van der Waals surface area contributed by atoms with Gasteiger partial charge in [0, 0.05) is 17.0 Å². The number of hydrogen-bond acceptors (Lipinski definition) is 5. The molecule has 6 nitrogen and oxygen atoms in total. The lowest BCUT2D eigenvalue weighted by atomic mass is 9.94. The molecule has 1 amide bonds. The van der Waals surface area contributed by atoms with Crippen molar-refractivity contribution in [3.63, 3.8) is 0 Å². The Hall–Kier alpha value is -3.51. The molecule has 0 aliphatic carbocycles. The fraction of sp³-hybridized carbons (Fsp3) is 0.200. The number of halogens is 1. The van der Waals surface area contributed by atoms with E-state index in [1.165, 1.54) is 11.2 Å². The number of aliphatic hydroxyl groups excluding tert-OH is 1. The maximum Gasteiger partial charge on any atom is 0.296 e. The van der Waals surface area contributed by atoms with E-state index in [0.29, 0.717) is 28.3 Å². The van der Waals surface area contributed by atoms with E-state index in [-0.39, 0.29) is 24.0 Å². The van der Waals surface area contributed by atoms with Crippen molar-refractivity contribution < 1.29 is 23.8 Å². The van der Waals surface area contributed by atoms with Crippen LogP contribution in [0.4, 0.5) is 0 Å². The Balaban J connectivity index is 1.64. The molecule has 2 aliphatic heterocycles. The van der Waals surface area contributed by atoms with Gasteiger partial charge in [0.2, 0.25) is 0 Å². The normalized spacial score (nSPS) is 21.6. The third-order valence-electron chi connectivity index (χ3n) is 5.78. The number of furan rings is 1. The first-order chi connectivity index (χ1) is 15.4. The van der Waals surface area contributed by atoms with Crippen molar-refractivity contribution in [3.05, 3.63) is 93.9 Å². The van der Waals surface area contributed by atoms with Crippen molar-refractivity contribution in [1.82, 2.24) is 4.90 Å². The third-order valence-corrected chi connectivity index (χ3v) is 6.02. The molecule has 0 spiro atoms. The van der Waals surface area contributed by atoms with Gasteiger partial charge in [-0.1, -0.05) is 23.7 Å². The maximum absolute atomic E-state index is 13.1. The molecule has 7 heteroatoms. The number of Topliss-reactive ketones (excluding diaryl/α,β-unsaturated/α-hetero) is 1. The van der Waals surface area contributed by atoms with E-state index in [4.69, 9.17) is 20.8 Å². The lowest BCUT2D eigenvalue weighted by Gasteiger charge is -2.24. The number of carbonyl (C=O) groups excluding carboxylic acids is 2. The van der Waals surface area contributed by atoms with Crippen molar-refractivity contribution in [2.45, 2.75) is 32.0 Å². The number of ketones is 1. The largest absolute Gasteiger partial charge is 0.507 e. The highest BCUT2D eigenvalue weighted by Gasteiger charge is 2.46. The van der Waals surface area contributed by atoms with E-state index in [9.17, 15) is 14.7 Å². The van der Waals surface area contributed by atoms with Gasteiger partial charge < -0.3 is 19.2 Å². The van der Waals surface area contributed by atoms with Crippen LogP contribution in [0.2, 0.25) is 5.02 Å². The smallest absolute Gasteiger partial charge is 0.296 e. The molecule has 0 radical (unpaired) electrons. The van der Waals surface area contributed by atoms with Crippen molar-refractivity contribution in [3.8, 4) is 5.75 Å². The molecule has 3 aromatic rings. The summed E-state index contributed by atoms with van der Waals surface area (Å²) in [6.07, 6.45) is 2.27. The van der Waals surface area contributed by atoms with Gasteiger partial charge in [-0.3, -0.25) is 9.59 Å². The maximum atomic E-state index is 13.1. The summed E-state index contributed by atoms with van der Waals surface area (Å²) in [5, 5.41) is 11.7. The lowest BCUT2D eigenvalue weighted by Crippen LogP contribution is -2.29. The molecule has 2 atom stereocenters. The van der Waals surface area contributed by atoms with Crippen molar-refractivity contribution in [2.24, 2.45) is 0 Å². The van der Waals surface area contributed by atoms with Crippen LogP contribution in [0.3, 0.4) is 0 Å². The Kier molecular flexibility index (Phi) is 5.02. The molecule has 1 aromatic heterocycles. The predicted octanol–water partition coefficient (Wildman–Crippen LogP) is 4.88. The van der Waals surface area contributed by atoms with E-state index in [0.717, 1.165) is 11.3 Å². The van der Waals surface area contributed by atoms with E-state index in [2.05, 4.69) is 0 Å². The molecule has 2 aliphatic rings. The Morgan fingerprint density at radius 3 is 2.75 bits per heavy atom. The fourth-order valence-corrected chi connectivity index (χ4v) is 4.56. The van der Waals surface area contributed by atoms with E-state index in [1.807, 2.05) is 13.0 Å². The SMILES string of the molecule is CC1Cc2cc(/C(O)=C3/C(=O)C(=O)N(Cc4ccco4)C3c3cccc(Cl)c3)ccc2O1. The molecular formula is C25H20ClNO5. The number of benzene rings is 2. The number of nitrogens with zero attached hydrogens (tertiary/aromatic N) is 1. The van der Waals surface area contributed by atoms with Gasteiger partial charge in [0.25, 0.3) is 11.7 Å². The molecule has 2 aromatic carbocycles. The Morgan fingerprint density at radius 2 is 2.00 bits per heavy atom. The van der Waals surface area contributed by atoms with Gasteiger partial charge >= 0.3 is 0 Å². The second kappa shape index (κ2) is 7.88. The minimum absolute atomic E-state index is 0.0238. The number of ether oxygens (including phenoxy) is 1. The van der Waals surface area contributed by atoms with Crippen LogP contribution in [0.25, 0.3) is 5.76 Å². The molecule has 1 fully saturated rings. The quantitative estimate of drug-likeness (QED) is 0.349. The van der Waals surface area contributed by atoms with Gasteiger partial charge in [-0.2, -0.15) is 0 Å². The first-order valence-corrected chi connectivity index (χ1v) is 10.7. The molecule has 2 unspecified atom stereocenters. The zero-order valence-corrected chi connectivity index (χ0v) is 18.0. The van der Waals surface area contributed by atoms with Gasteiger partial charge in [-0.15, -0.1) is 0 Å². The van der Waals surface area contributed by atoms with Crippen LogP contribution in [-0.4, -0.2) is 27.8 Å². The van der Waals surface area contributed by atoms with Gasteiger partial charge in [0.05, 0.1) is 24.4 Å². The standard InChI is InChI=1S/C25H20ClNO5/c1-14-10-17-11-16(7-8-20(17)32-14)23(28)21-22(15-4-2-5-18(26)12-15)27(25(30)24(21)29)13-19-6-3-9-31-19/h2-9,11-12,14,22,28H,10,13H2,1H3/b23-21-. The minimum Gasteiger partial charge on any atom is -0.507 e. The highest BCUT2D eigenvalue weighted by molar-refractivity contribution is 6.46. The summed E-state index contributed by atoms with van der Waals surface area (Å²) in [6.45, 7) is 2.06. The molecular weight excluding hydrogens is 430 g/mol. The topological polar surface area (TPSA) is 80.0 Å².